The van der Waals surface area contributed by atoms with Crippen molar-refractivity contribution in [2.45, 2.75) is 13.3 Å². The second kappa shape index (κ2) is 5.99. The Morgan fingerprint density at radius 3 is 2.45 bits per heavy atom. The number of azo groups is 1. The highest BCUT2D eigenvalue weighted by Gasteiger charge is 2.11. The third-order valence-electron chi connectivity index (χ3n) is 3.34. The number of H-pyrrole nitrogens is 1. The van der Waals surface area contributed by atoms with Crippen LogP contribution in [0.3, 0.4) is 0 Å². The zero-order valence-electron chi connectivity index (χ0n) is 11.8. The van der Waals surface area contributed by atoms with Gasteiger partial charge in [0, 0.05) is 15.4 Å². The number of nitrogens with zero attached hydrogens (tertiary/aromatic N) is 2. The molecule has 0 saturated carbocycles. The summed E-state index contributed by atoms with van der Waals surface area (Å²) in [6, 6.07) is 10.9. The number of aromatic hydroxyl groups is 1. The number of aryl methyl sites for hydroxylation is 1. The van der Waals surface area contributed by atoms with Gasteiger partial charge in [-0.1, -0.05) is 36.2 Å². The maximum absolute atomic E-state index is 10.0. The van der Waals surface area contributed by atoms with Gasteiger partial charge >= 0.3 is 0 Å². The minimum atomic E-state index is -0.0138. The Hall–Kier alpha value is -2.04. The number of halogens is 2. The van der Waals surface area contributed by atoms with Crippen molar-refractivity contribution < 1.29 is 5.11 Å². The van der Waals surface area contributed by atoms with Crippen LogP contribution in [0.4, 0.5) is 11.4 Å². The minimum Gasteiger partial charge on any atom is -0.493 e. The van der Waals surface area contributed by atoms with Gasteiger partial charge < -0.3 is 10.1 Å². The summed E-state index contributed by atoms with van der Waals surface area (Å²) in [4.78, 5) is 2.89. The van der Waals surface area contributed by atoms with E-state index in [1.54, 1.807) is 18.2 Å². The Bertz CT molecular complexity index is 851. The Morgan fingerprint density at radius 2 is 1.77 bits per heavy atom. The van der Waals surface area contributed by atoms with E-state index in [0.29, 0.717) is 21.4 Å². The fourth-order valence-corrected chi connectivity index (χ4v) is 2.75. The van der Waals surface area contributed by atoms with Crippen LogP contribution >= 0.6 is 23.2 Å². The molecule has 0 aliphatic rings. The number of benzene rings is 2. The van der Waals surface area contributed by atoms with Crippen molar-refractivity contribution in [3.63, 3.8) is 0 Å². The van der Waals surface area contributed by atoms with Crippen LogP contribution in [0.2, 0.25) is 10.0 Å². The molecule has 0 saturated heterocycles. The highest BCUT2D eigenvalue weighted by atomic mass is 35.5. The highest BCUT2D eigenvalue weighted by Crippen LogP contribution is 2.37. The van der Waals surface area contributed by atoms with Gasteiger partial charge in [0.05, 0.1) is 11.2 Å². The summed E-state index contributed by atoms with van der Waals surface area (Å²) in [5.74, 6) is -0.0138. The van der Waals surface area contributed by atoms with Crippen LogP contribution in [0.25, 0.3) is 10.9 Å². The van der Waals surface area contributed by atoms with E-state index >= 15 is 0 Å². The molecular weight excluding hydrogens is 321 g/mol. The van der Waals surface area contributed by atoms with Crippen LogP contribution in [0.5, 0.6) is 5.88 Å². The first kappa shape index (κ1) is 14.9. The average molecular weight is 334 g/mol. The summed E-state index contributed by atoms with van der Waals surface area (Å²) in [6.45, 7) is 2.07. The van der Waals surface area contributed by atoms with E-state index in [4.69, 9.17) is 23.2 Å². The predicted octanol–water partition coefficient (Wildman–Crippen LogP) is 6.16. The molecule has 4 nitrogen and oxygen atoms in total. The van der Waals surface area contributed by atoms with Crippen molar-refractivity contribution in [2.75, 3.05) is 0 Å². The van der Waals surface area contributed by atoms with Crippen molar-refractivity contribution in [3.8, 4) is 5.88 Å². The molecule has 2 N–H and O–H groups in total. The first-order valence-corrected chi connectivity index (χ1v) is 7.54. The van der Waals surface area contributed by atoms with Gasteiger partial charge in [0.2, 0.25) is 5.88 Å². The van der Waals surface area contributed by atoms with E-state index in [1.165, 1.54) is 0 Å². The van der Waals surface area contributed by atoms with E-state index < -0.39 is 0 Å². The SMILES string of the molecule is CCc1ccc2[nH]c(O)c(N=Nc3cc(Cl)cc(Cl)c3)c2c1. The van der Waals surface area contributed by atoms with Crippen molar-refractivity contribution in [1.29, 1.82) is 0 Å². The van der Waals surface area contributed by atoms with E-state index in [2.05, 4.69) is 22.1 Å². The summed E-state index contributed by atoms with van der Waals surface area (Å²) < 4.78 is 0. The van der Waals surface area contributed by atoms with Gasteiger partial charge in [0.1, 0.15) is 0 Å². The molecule has 3 rings (SSSR count). The van der Waals surface area contributed by atoms with Crippen molar-refractivity contribution in [1.82, 2.24) is 4.98 Å². The number of hydrogen-bond acceptors (Lipinski definition) is 3. The molecule has 1 aromatic heterocycles. The second-order valence-electron chi connectivity index (χ2n) is 4.88. The molecule has 0 amide bonds. The van der Waals surface area contributed by atoms with Crippen LogP contribution < -0.4 is 0 Å². The average Bonchev–Trinajstić information content (AvgIpc) is 2.78. The molecule has 3 aromatic rings. The molecule has 0 atom stereocenters. The molecular formula is C16H13Cl2N3O. The van der Waals surface area contributed by atoms with Gasteiger partial charge in [-0.3, -0.25) is 0 Å². The number of aromatic nitrogens is 1. The molecule has 112 valence electrons. The Kier molecular flexibility index (Phi) is 4.05. The lowest BCUT2D eigenvalue weighted by molar-refractivity contribution is 0.459. The van der Waals surface area contributed by atoms with Gasteiger partial charge in [-0.2, -0.15) is 5.11 Å². The molecule has 0 spiro atoms. The van der Waals surface area contributed by atoms with E-state index in [0.717, 1.165) is 22.9 Å². The largest absolute Gasteiger partial charge is 0.493 e. The summed E-state index contributed by atoms with van der Waals surface area (Å²) in [5, 5.41) is 20.1. The lowest BCUT2D eigenvalue weighted by Gasteiger charge is -1.98. The van der Waals surface area contributed by atoms with Gasteiger partial charge in [-0.25, -0.2) is 0 Å². The molecule has 6 heteroatoms. The van der Waals surface area contributed by atoms with Crippen LogP contribution in [0.1, 0.15) is 12.5 Å². The molecule has 0 unspecified atom stereocenters. The van der Waals surface area contributed by atoms with Crippen molar-refractivity contribution in [3.05, 3.63) is 52.0 Å². The molecule has 0 aliphatic heterocycles. The normalized spacial score (nSPS) is 11.6. The summed E-state index contributed by atoms with van der Waals surface area (Å²) >= 11 is 11.9. The quantitative estimate of drug-likeness (QED) is 0.554. The zero-order chi connectivity index (χ0) is 15.7. The van der Waals surface area contributed by atoms with Crippen LogP contribution in [-0.2, 0) is 6.42 Å². The molecule has 0 radical (unpaired) electrons. The maximum Gasteiger partial charge on any atom is 0.218 e. The third-order valence-corrected chi connectivity index (χ3v) is 3.77. The van der Waals surface area contributed by atoms with E-state index in [1.807, 2.05) is 18.2 Å². The monoisotopic (exact) mass is 333 g/mol. The lowest BCUT2D eigenvalue weighted by Crippen LogP contribution is -1.78. The number of nitrogens with one attached hydrogen (secondary N) is 1. The molecule has 0 aliphatic carbocycles. The predicted molar refractivity (Wildman–Crippen MR) is 90.0 cm³/mol. The van der Waals surface area contributed by atoms with Crippen LogP contribution in [-0.4, -0.2) is 10.1 Å². The lowest BCUT2D eigenvalue weighted by atomic mass is 10.1. The molecule has 1 heterocycles. The Labute approximate surface area is 137 Å². The van der Waals surface area contributed by atoms with Crippen LogP contribution in [0, 0.1) is 0 Å². The number of fused-ring (bicyclic) bond motifs is 1. The minimum absolute atomic E-state index is 0.0138. The number of aromatic amines is 1. The standard InChI is InChI=1S/C16H13Cl2N3O/c1-2-9-3-4-14-13(5-9)15(16(22)19-14)21-20-12-7-10(17)6-11(18)8-12/h3-8,19,22H,2H2,1H3. The van der Waals surface area contributed by atoms with Crippen LogP contribution in [0.15, 0.2) is 46.6 Å². The smallest absolute Gasteiger partial charge is 0.218 e. The Balaban J connectivity index is 2.05. The fraction of sp³-hybridized carbons (Fsp3) is 0.125. The Morgan fingerprint density at radius 1 is 1.05 bits per heavy atom. The van der Waals surface area contributed by atoms with Gasteiger partial charge in [-0.15, -0.1) is 5.11 Å². The summed E-state index contributed by atoms with van der Waals surface area (Å²) in [7, 11) is 0. The second-order valence-corrected chi connectivity index (χ2v) is 5.76. The first-order chi connectivity index (χ1) is 10.6. The summed E-state index contributed by atoms with van der Waals surface area (Å²) in [6.07, 6.45) is 0.905. The third kappa shape index (κ3) is 2.93. The number of rotatable bonds is 3. The maximum atomic E-state index is 10.0. The molecule has 0 fully saturated rings. The van der Waals surface area contributed by atoms with Gasteiger partial charge in [0.15, 0.2) is 5.69 Å². The van der Waals surface area contributed by atoms with E-state index in [-0.39, 0.29) is 5.88 Å². The van der Waals surface area contributed by atoms with Crippen molar-refractivity contribution in [2.24, 2.45) is 10.2 Å². The van der Waals surface area contributed by atoms with Gasteiger partial charge in [-0.05, 0) is 42.3 Å². The molecule has 0 bridgehead atoms. The van der Waals surface area contributed by atoms with E-state index in [9.17, 15) is 5.11 Å². The first-order valence-electron chi connectivity index (χ1n) is 6.78. The van der Waals surface area contributed by atoms with Gasteiger partial charge in [0.25, 0.3) is 0 Å². The fourth-order valence-electron chi connectivity index (χ4n) is 2.24. The zero-order valence-corrected chi connectivity index (χ0v) is 13.3. The van der Waals surface area contributed by atoms with Crippen molar-refractivity contribution >= 4 is 45.5 Å². The summed E-state index contributed by atoms with van der Waals surface area (Å²) in [5.41, 5.74) is 2.90. The topological polar surface area (TPSA) is 60.7 Å². The molecule has 22 heavy (non-hydrogen) atoms. The molecule has 2 aromatic carbocycles. The number of hydrogen-bond donors (Lipinski definition) is 2. The highest BCUT2D eigenvalue weighted by molar-refractivity contribution is 6.35.